The van der Waals surface area contributed by atoms with Crippen molar-refractivity contribution >= 4 is 0 Å². The fourth-order valence-corrected chi connectivity index (χ4v) is 5.66. The van der Waals surface area contributed by atoms with Gasteiger partial charge in [0, 0.05) is 48.5 Å². The van der Waals surface area contributed by atoms with Crippen molar-refractivity contribution in [1.29, 1.82) is 0 Å². The van der Waals surface area contributed by atoms with Crippen molar-refractivity contribution in [2.24, 2.45) is 5.92 Å². The number of ether oxygens (including phenoxy) is 1. The summed E-state index contributed by atoms with van der Waals surface area (Å²) in [6.07, 6.45) is 23.0. The van der Waals surface area contributed by atoms with E-state index in [2.05, 4.69) is 134 Å². The number of pyridine rings is 2. The first-order valence-corrected chi connectivity index (χ1v) is 16.4. The first-order chi connectivity index (χ1) is 20.6. The minimum atomic E-state index is 0.252. The van der Waals surface area contributed by atoms with Crippen LogP contribution in [-0.2, 0) is 6.42 Å². The van der Waals surface area contributed by atoms with Gasteiger partial charge in [0.25, 0.3) is 0 Å². The summed E-state index contributed by atoms with van der Waals surface area (Å²) in [7, 11) is 0. The summed E-state index contributed by atoms with van der Waals surface area (Å²) in [5, 5.41) is 0. The smallest absolute Gasteiger partial charge is 0.210 e. The Morgan fingerprint density at radius 3 is 1.52 bits per heavy atom. The first kappa shape index (κ1) is 31.5. The first-order valence-electron chi connectivity index (χ1n) is 16.4. The van der Waals surface area contributed by atoms with E-state index in [0.29, 0.717) is 0 Å². The number of unbranched alkanes of at least 4 members (excludes halogenated alkanes) is 6. The summed E-state index contributed by atoms with van der Waals surface area (Å²) in [6, 6.07) is 26.2. The molecule has 0 spiro atoms. The standard InChI is InChI=1S/C39H52N2O/c1-5-7-9-11-13-32(3)31-34-15-17-37(18-16-34)40-27-23-35(24-28-40)36-25-29-41(30-26-36)38-19-21-39(22-20-38)42-33(4)14-12-10-8-6-2/h15-30,32-33H,5-14,31H2,1-4H3/q+2. The van der Waals surface area contributed by atoms with Crippen molar-refractivity contribution in [2.45, 2.75) is 104 Å². The minimum Gasteiger partial charge on any atom is -0.491 e. The topological polar surface area (TPSA) is 17.0 Å². The summed E-state index contributed by atoms with van der Waals surface area (Å²) < 4.78 is 10.5. The summed E-state index contributed by atoms with van der Waals surface area (Å²) in [5.74, 6) is 1.69. The Balaban J connectivity index is 1.29. The summed E-state index contributed by atoms with van der Waals surface area (Å²) in [4.78, 5) is 0. The number of aromatic nitrogens is 2. The molecule has 0 N–H and O–H groups in total. The second-order valence-corrected chi connectivity index (χ2v) is 12.1. The highest BCUT2D eigenvalue weighted by Gasteiger charge is 2.12. The predicted octanol–water partition coefficient (Wildman–Crippen LogP) is 9.79. The molecular formula is C39H52N2O+2. The van der Waals surface area contributed by atoms with E-state index in [4.69, 9.17) is 4.74 Å². The van der Waals surface area contributed by atoms with Crippen molar-refractivity contribution in [3.8, 4) is 28.3 Å². The van der Waals surface area contributed by atoms with Crippen molar-refractivity contribution in [1.82, 2.24) is 0 Å². The molecule has 2 aromatic heterocycles. The lowest BCUT2D eigenvalue weighted by Gasteiger charge is -2.14. The number of rotatable bonds is 17. The molecule has 0 fully saturated rings. The molecule has 2 aromatic carbocycles. The number of hydrogen-bond donors (Lipinski definition) is 0. The molecule has 0 aliphatic heterocycles. The quantitative estimate of drug-likeness (QED) is 0.0921. The third-order valence-corrected chi connectivity index (χ3v) is 8.30. The van der Waals surface area contributed by atoms with Crippen LogP contribution in [0.2, 0.25) is 0 Å². The third-order valence-electron chi connectivity index (χ3n) is 8.30. The van der Waals surface area contributed by atoms with Gasteiger partial charge in [-0.05, 0) is 60.9 Å². The summed E-state index contributed by atoms with van der Waals surface area (Å²) in [5.41, 5.74) is 6.18. The van der Waals surface area contributed by atoms with Gasteiger partial charge in [0.1, 0.15) is 5.75 Å². The molecule has 3 heteroatoms. The molecule has 0 aliphatic rings. The van der Waals surface area contributed by atoms with Crippen molar-refractivity contribution in [3.63, 3.8) is 0 Å². The third kappa shape index (κ3) is 9.82. The maximum atomic E-state index is 6.13. The van der Waals surface area contributed by atoms with Crippen LogP contribution in [0.3, 0.4) is 0 Å². The number of hydrogen-bond acceptors (Lipinski definition) is 1. The highest BCUT2D eigenvalue weighted by Crippen LogP contribution is 2.20. The average Bonchev–Trinajstić information content (AvgIpc) is 3.02. The summed E-state index contributed by atoms with van der Waals surface area (Å²) in [6.45, 7) is 9.09. The highest BCUT2D eigenvalue weighted by atomic mass is 16.5. The van der Waals surface area contributed by atoms with Crippen LogP contribution in [0.5, 0.6) is 5.75 Å². The van der Waals surface area contributed by atoms with Crippen molar-refractivity contribution in [3.05, 3.63) is 103 Å². The zero-order valence-corrected chi connectivity index (χ0v) is 26.5. The maximum Gasteiger partial charge on any atom is 0.210 e. The van der Waals surface area contributed by atoms with E-state index < -0.39 is 0 Å². The molecule has 222 valence electrons. The van der Waals surface area contributed by atoms with E-state index in [1.54, 1.807) is 0 Å². The van der Waals surface area contributed by atoms with Gasteiger partial charge < -0.3 is 4.74 Å². The Kier molecular flexibility index (Phi) is 12.6. The molecule has 4 rings (SSSR count). The largest absolute Gasteiger partial charge is 0.491 e. The Hall–Kier alpha value is -3.46. The Bertz CT molecular complexity index is 1190. The monoisotopic (exact) mass is 564 g/mol. The van der Waals surface area contributed by atoms with Crippen LogP contribution in [0.4, 0.5) is 0 Å². The van der Waals surface area contributed by atoms with E-state index in [0.717, 1.165) is 23.8 Å². The van der Waals surface area contributed by atoms with E-state index >= 15 is 0 Å². The SMILES string of the molecule is CCCCCCC(C)Cc1ccc(-[n+]2ccc(-c3cc[n+](-c4ccc(OC(C)CCCCCC)cc4)cc3)cc2)cc1. The average molecular weight is 565 g/mol. The van der Waals surface area contributed by atoms with Gasteiger partial charge in [-0.25, -0.2) is 0 Å². The Morgan fingerprint density at radius 2 is 1.02 bits per heavy atom. The van der Waals surface area contributed by atoms with E-state index in [1.165, 1.54) is 86.6 Å². The van der Waals surface area contributed by atoms with E-state index in [9.17, 15) is 0 Å². The second-order valence-electron chi connectivity index (χ2n) is 12.1. The molecule has 4 aromatic rings. The molecule has 42 heavy (non-hydrogen) atoms. The highest BCUT2D eigenvalue weighted by molar-refractivity contribution is 5.61. The van der Waals surface area contributed by atoms with Gasteiger partial charge in [-0.2, -0.15) is 9.13 Å². The van der Waals surface area contributed by atoms with Gasteiger partial charge in [-0.3, -0.25) is 0 Å². The Labute approximate surface area is 255 Å². The fourth-order valence-electron chi connectivity index (χ4n) is 5.66. The molecule has 0 saturated heterocycles. The summed E-state index contributed by atoms with van der Waals surface area (Å²) >= 11 is 0. The number of nitrogens with zero attached hydrogens (tertiary/aromatic N) is 2. The second kappa shape index (κ2) is 16.9. The van der Waals surface area contributed by atoms with Gasteiger partial charge >= 0.3 is 0 Å². The van der Waals surface area contributed by atoms with E-state index in [1.807, 2.05) is 0 Å². The molecule has 0 radical (unpaired) electrons. The van der Waals surface area contributed by atoms with Crippen LogP contribution in [0, 0.1) is 5.92 Å². The minimum absolute atomic E-state index is 0.252. The van der Waals surface area contributed by atoms with Crippen LogP contribution >= 0.6 is 0 Å². The molecule has 0 bridgehead atoms. The number of benzene rings is 2. The Morgan fingerprint density at radius 1 is 0.548 bits per heavy atom. The normalized spacial score (nSPS) is 12.7. The van der Waals surface area contributed by atoms with Crippen LogP contribution < -0.4 is 13.9 Å². The lowest BCUT2D eigenvalue weighted by molar-refractivity contribution is -0.596. The predicted molar refractivity (Wildman–Crippen MR) is 175 cm³/mol. The molecule has 0 aliphatic carbocycles. The van der Waals surface area contributed by atoms with Gasteiger partial charge in [0.05, 0.1) is 6.10 Å². The van der Waals surface area contributed by atoms with Gasteiger partial charge in [0.15, 0.2) is 24.8 Å². The van der Waals surface area contributed by atoms with Crippen LogP contribution in [0.1, 0.15) is 97.5 Å². The zero-order chi connectivity index (χ0) is 29.6. The molecule has 2 heterocycles. The molecule has 3 nitrogen and oxygen atoms in total. The zero-order valence-electron chi connectivity index (χ0n) is 26.5. The molecule has 0 saturated carbocycles. The fraction of sp³-hybridized carbons (Fsp3) is 0.436. The molecule has 2 atom stereocenters. The lowest BCUT2D eigenvalue weighted by Crippen LogP contribution is -2.29. The van der Waals surface area contributed by atoms with Crippen LogP contribution in [-0.4, -0.2) is 6.10 Å². The molecule has 0 amide bonds. The molecular weight excluding hydrogens is 512 g/mol. The van der Waals surface area contributed by atoms with Crippen molar-refractivity contribution < 1.29 is 13.9 Å². The van der Waals surface area contributed by atoms with Gasteiger partial charge in [0.2, 0.25) is 11.4 Å². The van der Waals surface area contributed by atoms with Gasteiger partial charge in [-0.15, -0.1) is 0 Å². The van der Waals surface area contributed by atoms with Gasteiger partial charge in [-0.1, -0.05) is 84.3 Å². The van der Waals surface area contributed by atoms with Crippen LogP contribution in [0.25, 0.3) is 22.5 Å². The van der Waals surface area contributed by atoms with Crippen LogP contribution in [0.15, 0.2) is 97.6 Å². The van der Waals surface area contributed by atoms with E-state index in [-0.39, 0.29) is 6.10 Å². The lowest BCUT2D eigenvalue weighted by atomic mass is 9.95. The van der Waals surface area contributed by atoms with Crippen molar-refractivity contribution in [2.75, 3.05) is 0 Å². The molecule has 2 unspecified atom stereocenters. The maximum absolute atomic E-state index is 6.13.